The van der Waals surface area contributed by atoms with Crippen LogP contribution in [0, 0.1) is 5.92 Å². The highest BCUT2D eigenvalue weighted by atomic mass is 16.5. The van der Waals surface area contributed by atoms with Crippen molar-refractivity contribution in [1.82, 2.24) is 19.8 Å². The third kappa shape index (κ3) is 3.16. The number of likely N-dealkylation sites (tertiary alicyclic amines) is 1. The molecule has 0 saturated carbocycles. The molecule has 0 aromatic carbocycles. The molecule has 1 amide bonds. The molecule has 2 fully saturated rings. The summed E-state index contributed by atoms with van der Waals surface area (Å²) in [6.07, 6.45) is 5.71. The van der Waals surface area contributed by atoms with Gasteiger partial charge in [0.15, 0.2) is 0 Å². The van der Waals surface area contributed by atoms with E-state index in [1.807, 2.05) is 17.0 Å². The second-order valence-corrected chi connectivity index (χ2v) is 6.75. The molecule has 6 nitrogen and oxygen atoms in total. The number of carbonyl (C=O) groups excluding carboxylic acids is 1. The molecule has 0 spiro atoms. The minimum Gasteiger partial charge on any atom is -0.379 e. The number of aromatic amines is 1. The minimum atomic E-state index is 0.124. The number of piperidine rings is 1. The lowest BCUT2D eigenvalue weighted by Gasteiger charge is -2.36. The number of rotatable bonds is 3. The van der Waals surface area contributed by atoms with Gasteiger partial charge in [-0.05, 0) is 30.9 Å². The summed E-state index contributed by atoms with van der Waals surface area (Å²) in [5.41, 5.74) is 1.52. The quantitative estimate of drug-likeness (QED) is 0.932. The molecule has 2 aromatic rings. The van der Waals surface area contributed by atoms with Crippen molar-refractivity contribution in [3.8, 4) is 0 Å². The van der Waals surface area contributed by atoms with Crippen LogP contribution >= 0.6 is 0 Å². The van der Waals surface area contributed by atoms with Gasteiger partial charge in [0.1, 0.15) is 5.65 Å². The summed E-state index contributed by atoms with van der Waals surface area (Å²) in [7, 11) is 0. The molecule has 4 heterocycles. The number of hydrogen-bond donors (Lipinski definition) is 1. The molecule has 0 radical (unpaired) electrons. The molecule has 1 N–H and O–H groups in total. The van der Waals surface area contributed by atoms with Gasteiger partial charge in [-0.15, -0.1) is 0 Å². The standard InChI is InChI=1S/C18H24N4O2/c23-18(16-12-20-17-15(16)2-1-5-19-17)22-6-3-14(4-7-22)13-21-8-10-24-11-9-21/h1-2,5,12,14H,3-4,6-11,13H2,(H,19,20). The number of H-pyrrole nitrogens is 1. The summed E-state index contributed by atoms with van der Waals surface area (Å²) in [5.74, 6) is 0.816. The summed E-state index contributed by atoms with van der Waals surface area (Å²) in [4.78, 5) is 24.7. The lowest BCUT2D eigenvalue weighted by molar-refractivity contribution is 0.0243. The largest absolute Gasteiger partial charge is 0.379 e. The summed E-state index contributed by atoms with van der Waals surface area (Å²) in [6, 6.07) is 3.83. The number of fused-ring (bicyclic) bond motifs is 1. The predicted molar refractivity (Wildman–Crippen MR) is 92.0 cm³/mol. The average Bonchev–Trinajstić information content (AvgIpc) is 3.07. The Morgan fingerprint density at radius 1 is 1.25 bits per heavy atom. The molecule has 0 unspecified atom stereocenters. The van der Waals surface area contributed by atoms with Crippen LogP contribution in [0.2, 0.25) is 0 Å². The summed E-state index contributed by atoms with van der Waals surface area (Å²) >= 11 is 0. The van der Waals surface area contributed by atoms with E-state index in [1.54, 1.807) is 12.4 Å². The number of pyridine rings is 1. The van der Waals surface area contributed by atoms with E-state index >= 15 is 0 Å². The maximum absolute atomic E-state index is 12.8. The van der Waals surface area contributed by atoms with Crippen molar-refractivity contribution < 1.29 is 9.53 Å². The molecule has 24 heavy (non-hydrogen) atoms. The molecule has 6 heteroatoms. The number of nitrogens with zero attached hydrogens (tertiary/aromatic N) is 3. The van der Waals surface area contributed by atoms with Crippen LogP contribution < -0.4 is 0 Å². The zero-order valence-corrected chi connectivity index (χ0v) is 13.9. The average molecular weight is 328 g/mol. The van der Waals surface area contributed by atoms with E-state index in [2.05, 4.69) is 14.9 Å². The second kappa shape index (κ2) is 6.91. The highest BCUT2D eigenvalue weighted by Crippen LogP contribution is 2.23. The first kappa shape index (κ1) is 15.6. The molecule has 0 aliphatic carbocycles. The van der Waals surface area contributed by atoms with Crippen molar-refractivity contribution in [3.05, 3.63) is 30.1 Å². The number of amides is 1. The van der Waals surface area contributed by atoms with Crippen LogP contribution in [0.3, 0.4) is 0 Å². The fraction of sp³-hybridized carbons (Fsp3) is 0.556. The molecule has 0 bridgehead atoms. The Morgan fingerprint density at radius 2 is 2.04 bits per heavy atom. The van der Waals surface area contributed by atoms with Crippen molar-refractivity contribution in [3.63, 3.8) is 0 Å². The molecule has 4 rings (SSSR count). The van der Waals surface area contributed by atoms with Crippen LogP contribution in [0.15, 0.2) is 24.5 Å². The SMILES string of the molecule is O=C(c1c[nH]c2ncccc12)N1CCC(CN2CCOCC2)CC1. The highest BCUT2D eigenvalue weighted by Gasteiger charge is 2.26. The Hall–Kier alpha value is -1.92. The van der Waals surface area contributed by atoms with Gasteiger partial charge in [-0.3, -0.25) is 9.69 Å². The van der Waals surface area contributed by atoms with Crippen LogP contribution in [0.25, 0.3) is 11.0 Å². The molecule has 2 aliphatic rings. The van der Waals surface area contributed by atoms with Crippen molar-refractivity contribution in [2.24, 2.45) is 5.92 Å². The van der Waals surface area contributed by atoms with Gasteiger partial charge in [-0.1, -0.05) is 0 Å². The molecule has 2 saturated heterocycles. The van der Waals surface area contributed by atoms with Crippen molar-refractivity contribution >= 4 is 16.9 Å². The van der Waals surface area contributed by atoms with Crippen LogP contribution in [0.5, 0.6) is 0 Å². The van der Waals surface area contributed by atoms with E-state index in [-0.39, 0.29) is 5.91 Å². The topological polar surface area (TPSA) is 61.5 Å². The van der Waals surface area contributed by atoms with Gasteiger partial charge in [0, 0.05) is 50.5 Å². The molecular formula is C18H24N4O2. The lowest BCUT2D eigenvalue weighted by Crippen LogP contribution is -2.44. The van der Waals surface area contributed by atoms with Crippen LogP contribution in [0.4, 0.5) is 0 Å². The normalized spacial score (nSPS) is 20.6. The zero-order chi connectivity index (χ0) is 16.4. The Bertz CT molecular complexity index is 700. The number of carbonyl (C=O) groups is 1. The monoisotopic (exact) mass is 328 g/mol. The fourth-order valence-corrected chi connectivity index (χ4v) is 3.77. The maximum Gasteiger partial charge on any atom is 0.256 e. The number of ether oxygens (including phenoxy) is 1. The smallest absolute Gasteiger partial charge is 0.256 e. The summed E-state index contributed by atoms with van der Waals surface area (Å²) < 4.78 is 5.41. The van der Waals surface area contributed by atoms with E-state index < -0.39 is 0 Å². The van der Waals surface area contributed by atoms with E-state index in [9.17, 15) is 4.79 Å². The van der Waals surface area contributed by atoms with Crippen LogP contribution in [-0.2, 0) is 4.74 Å². The minimum absolute atomic E-state index is 0.124. The predicted octanol–water partition coefficient (Wildman–Crippen LogP) is 1.75. The Morgan fingerprint density at radius 3 is 2.83 bits per heavy atom. The second-order valence-electron chi connectivity index (χ2n) is 6.75. The Balaban J connectivity index is 1.36. The van der Waals surface area contributed by atoms with Crippen molar-refractivity contribution in [2.45, 2.75) is 12.8 Å². The number of nitrogens with one attached hydrogen (secondary N) is 1. The number of hydrogen-bond acceptors (Lipinski definition) is 4. The van der Waals surface area contributed by atoms with Gasteiger partial charge in [0.25, 0.3) is 5.91 Å². The number of morpholine rings is 1. The highest BCUT2D eigenvalue weighted by molar-refractivity contribution is 6.05. The van der Waals surface area contributed by atoms with Crippen LogP contribution in [0.1, 0.15) is 23.2 Å². The van der Waals surface area contributed by atoms with Gasteiger partial charge >= 0.3 is 0 Å². The van der Waals surface area contributed by atoms with E-state index in [1.165, 1.54) is 0 Å². The molecule has 2 aliphatic heterocycles. The van der Waals surface area contributed by atoms with E-state index in [4.69, 9.17) is 4.74 Å². The first-order valence-electron chi connectivity index (χ1n) is 8.83. The van der Waals surface area contributed by atoms with Gasteiger partial charge in [0.2, 0.25) is 0 Å². The third-order valence-electron chi connectivity index (χ3n) is 5.20. The Kier molecular flexibility index (Phi) is 4.49. The zero-order valence-electron chi connectivity index (χ0n) is 13.9. The van der Waals surface area contributed by atoms with Crippen LogP contribution in [-0.4, -0.2) is 71.6 Å². The van der Waals surface area contributed by atoms with Gasteiger partial charge in [-0.25, -0.2) is 4.98 Å². The Labute approximate surface area is 141 Å². The molecule has 0 atom stereocenters. The van der Waals surface area contributed by atoms with Crippen molar-refractivity contribution in [1.29, 1.82) is 0 Å². The number of aromatic nitrogens is 2. The first-order chi connectivity index (χ1) is 11.8. The molecule has 2 aromatic heterocycles. The van der Waals surface area contributed by atoms with Crippen molar-refractivity contribution in [2.75, 3.05) is 45.9 Å². The molecular weight excluding hydrogens is 304 g/mol. The fourth-order valence-electron chi connectivity index (χ4n) is 3.77. The lowest BCUT2D eigenvalue weighted by atomic mass is 9.95. The first-order valence-corrected chi connectivity index (χ1v) is 8.83. The van der Waals surface area contributed by atoms with Gasteiger partial charge in [-0.2, -0.15) is 0 Å². The van der Waals surface area contributed by atoms with E-state index in [0.29, 0.717) is 5.92 Å². The summed E-state index contributed by atoms with van der Waals surface area (Å²) in [6.45, 7) is 6.63. The van der Waals surface area contributed by atoms with Gasteiger partial charge in [0.05, 0.1) is 18.8 Å². The molecule has 128 valence electrons. The summed E-state index contributed by atoms with van der Waals surface area (Å²) in [5, 5.41) is 0.915. The van der Waals surface area contributed by atoms with Gasteiger partial charge < -0.3 is 14.6 Å². The maximum atomic E-state index is 12.8. The third-order valence-corrected chi connectivity index (χ3v) is 5.20. The van der Waals surface area contributed by atoms with E-state index in [0.717, 1.165) is 75.4 Å².